The van der Waals surface area contributed by atoms with Crippen molar-refractivity contribution in [2.75, 3.05) is 12.3 Å². The number of hydrogen-bond acceptors (Lipinski definition) is 3. The Bertz CT molecular complexity index is 548. The molecule has 1 aromatic carbocycles. The fourth-order valence-corrected chi connectivity index (χ4v) is 2.62. The molecule has 2 rings (SSSR count). The van der Waals surface area contributed by atoms with Crippen molar-refractivity contribution >= 4 is 40.8 Å². The molecule has 7 heteroatoms. The number of halogens is 2. The number of carbonyl (C=O) groups is 2. The highest BCUT2D eigenvalue weighted by atomic mass is 35.5. The summed E-state index contributed by atoms with van der Waals surface area (Å²) in [5, 5.41) is 12.2. The van der Waals surface area contributed by atoms with E-state index in [1.165, 1.54) is 12.1 Å². The highest BCUT2D eigenvalue weighted by Gasteiger charge is 2.44. The Morgan fingerprint density at radius 1 is 1.30 bits per heavy atom. The van der Waals surface area contributed by atoms with Crippen molar-refractivity contribution in [3.63, 3.8) is 0 Å². The molecule has 1 saturated carbocycles. The van der Waals surface area contributed by atoms with Gasteiger partial charge in [0.2, 0.25) is 0 Å². The van der Waals surface area contributed by atoms with Crippen LogP contribution in [0.4, 0.5) is 5.69 Å². The first-order valence-corrected chi connectivity index (χ1v) is 6.87. The minimum atomic E-state index is -0.877. The molecule has 1 aliphatic rings. The predicted molar refractivity (Wildman–Crippen MR) is 77.1 cm³/mol. The van der Waals surface area contributed by atoms with Gasteiger partial charge in [0.15, 0.2) is 0 Å². The van der Waals surface area contributed by atoms with Gasteiger partial charge in [0.25, 0.3) is 5.91 Å². The van der Waals surface area contributed by atoms with Crippen molar-refractivity contribution < 1.29 is 14.7 Å². The summed E-state index contributed by atoms with van der Waals surface area (Å²) in [5.74, 6) is -1.29. The van der Waals surface area contributed by atoms with Gasteiger partial charge in [-0.2, -0.15) is 0 Å². The zero-order valence-electron chi connectivity index (χ0n) is 10.6. The summed E-state index contributed by atoms with van der Waals surface area (Å²) in [4.78, 5) is 23.2. The Balaban J connectivity index is 2.07. The zero-order chi connectivity index (χ0) is 14.9. The van der Waals surface area contributed by atoms with Gasteiger partial charge in [0.05, 0.1) is 21.1 Å². The normalized spacial score (nSPS) is 16.3. The summed E-state index contributed by atoms with van der Waals surface area (Å²) in [7, 11) is 0. The first kappa shape index (κ1) is 14.9. The molecule has 1 aliphatic carbocycles. The maximum Gasteiger partial charge on any atom is 0.311 e. The van der Waals surface area contributed by atoms with E-state index >= 15 is 0 Å². The van der Waals surface area contributed by atoms with E-state index in [0.29, 0.717) is 12.8 Å². The molecule has 4 N–H and O–H groups in total. The van der Waals surface area contributed by atoms with Crippen molar-refractivity contribution in [3.8, 4) is 0 Å². The van der Waals surface area contributed by atoms with E-state index in [9.17, 15) is 14.7 Å². The maximum absolute atomic E-state index is 12.0. The molecule has 20 heavy (non-hydrogen) atoms. The summed E-state index contributed by atoms with van der Waals surface area (Å²) in [6, 6.07) is 2.82. The Hall–Kier alpha value is -1.46. The van der Waals surface area contributed by atoms with Crippen molar-refractivity contribution in [2.24, 2.45) is 5.41 Å². The number of carbonyl (C=O) groups excluding carboxylic acids is 1. The van der Waals surface area contributed by atoms with Gasteiger partial charge in [-0.3, -0.25) is 9.59 Å². The summed E-state index contributed by atoms with van der Waals surface area (Å²) in [6.07, 6.45) is 2.01. The molecule has 1 aromatic rings. The van der Waals surface area contributed by atoms with E-state index in [1.54, 1.807) is 0 Å². The number of carboxylic acid groups (broad SMARTS) is 1. The second-order valence-corrected chi connectivity index (χ2v) is 5.79. The van der Waals surface area contributed by atoms with Gasteiger partial charge in [-0.05, 0) is 25.0 Å². The predicted octanol–water partition coefficient (Wildman–Crippen LogP) is 2.56. The van der Waals surface area contributed by atoms with Crippen LogP contribution in [-0.4, -0.2) is 23.5 Å². The Morgan fingerprint density at radius 2 is 1.85 bits per heavy atom. The lowest BCUT2D eigenvalue weighted by Gasteiger charge is -2.37. The number of nitrogen functional groups attached to an aromatic ring is 1. The fourth-order valence-electron chi connectivity index (χ4n) is 2.14. The molecule has 0 bridgehead atoms. The molecule has 5 nitrogen and oxygen atoms in total. The number of nitrogens with one attached hydrogen (secondary N) is 1. The van der Waals surface area contributed by atoms with Gasteiger partial charge in [-0.1, -0.05) is 29.6 Å². The van der Waals surface area contributed by atoms with Crippen LogP contribution in [0.1, 0.15) is 29.6 Å². The highest BCUT2D eigenvalue weighted by molar-refractivity contribution is 6.39. The number of aliphatic carboxylic acids is 1. The third-order valence-corrected chi connectivity index (χ3v) is 4.32. The number of nitrogens with two attached hydrogens (primary N) is 1. The Labute approximate surface area is 126 Å². The van der Waals surface area contributed by atoms with E-state index in [2.05, 4.69) is 5.32 Å². The average molecular weight is 317 g/mol. The summed E-state index contributed by atoms with van der Waals surface area (Å²) < 4.78 is 0. The van der Waals surface area contributed by atoms with Crippen LogP contribution in [0.15, 0.2) is 12.1 Å². The van der Waals surface area contributed by atoms with Crippen molar-refractivity contribution in [3.05, 3.63) is 27.7 Å². The largest absolute Gasteiger partial charge is 0.481 e. The molecule has 0 aromatic heterocycles. The first-order chi connectivity index (χ1) is 9.35. The molecule has 108 valence electrons. The monoisotopic (exact) mass is 316 g/mol. The Kier molecular flexibility index (Phi) is 4.11. The van der Waals surface area contributed by atoms with Crippen LogP contribution in [-0.2, 0) is 4.79 Å². The van der Waals surface area contributed by atoms with Crippen LogP contribution in [0.25, 0.3) is 0 Å². The highest BCUT2D eigenvalue weighted by Crippen LogP contribution is 2.40. The Morgan fingerprint density at radius 3 is 2.25 bits per heavy atom. The minimum Gasteiger partial charge on any atom is -0.481 e. The minimum absolute atomic E-state index is 0.0980. The number of anilines is 1. The number of carboxylic acids is 1. The molecule has 0 unspecified atom stereocenters. The lowest BCUT2D eigenvalue weighted by molar-refractivity contribution is -0.153. The van der Waals surface area contributed by atoms with Gasteiger partial charge in [-0.25, -0.2) is 0 Å². The fraction of sp³-hybridized carbons (Fsp3) is 0.385. The molecular weight excluding hydrogens is 303 g/mol. The van der Waals surface area contributed by atoms with Crippen molar-refractivity contribution in [1.29, 1.82) is 0 Å². The average Bonchev–Trinajstić information content (AvgIpc) is 2.33. The van der Waals surface area contributed by atoms with Gasteiger partial charge < -0.3 is 16.2 Å². The van der Waals surface area contributed by atoms with Crippen LogP contribution in [0.2, 0.25) is 10.0 Å². The van der Waals surface area contributed by atoms with Crippen LogP contribution >= 0.6 is 23.2 Å². The SMILES string of the molecule is Nc1c(Cl)cc(C(=O)NCC2(C(=O)O)CCC2)cc1Cl. The second kappa shape index (κ2) is 5.50. The lowest BCUT2D eigenvalue weighted by Crippen LogP contribution is -2.47. The molecule has 0 heterocycles. The van der Waals surface area contributed by atoms with Crippen molar-refractivity contribution in [2.45, 2.75) is 19.3 Å². The molecular formula is C13H14Cl2N2O3. The first-order valence-electron chi connectivity index (χ1n) is 6.12. The number of hydrogen-bond donors (Lipinski definition) is 3. The van der Waals surface area contributed by atoms with Crippen LogP contribution in [0, 0.1) is 5.41 Å². The lowest BCUT2D eigenvalue weighted by atomic mass is 9.69. The third kappa shape index (κ3) is 2.69. The molecule has 0 spiro atoms. The summed E-state index contributed by atoms with van der Waals surface area (Å²) in [5.41, 5.74) is 5.23. The van der Waals surface area contributed by atoms with Gasteiger partial charge >= 0.3 is 5.97 Å². The topological polar surface area (TPSA) is 92.4 Å². The number of benzene rings is 1. The van der Waals surface area contributed by atoms with E-state index in [-0.39, 0.29) is 27.8 Å². The second-order valence-electron chi connectivity index (χ2n) is 4.98. The van der Waals surface area contributed by atoms with E-state index in [0.717, 1.165) is 6.42 Å². The maximum atomic E-state index is 12.0. The summed E-state index contributed by atoms with van der Waals surface area (Å²) >= 11 is 11.7. The standard InChI is InChI=1S/C13H14Cl2N2O3/c14-8-4-7(5-9(15)10(8)16)11(18)17-6-13(12(19)20)2-1-3-13/h4-5H,1-3,6,16H2,(H,17,18)(H,19,20). The van der Waals surface area contributed by atoms with Crippen LogP contribution < -0.4 is 11.1 Å². The van der Waals surface area contributed by atoms with Gasteiger partial charge in [-0.15, -0.1) is 0 Å². The number of rotatable bonds is 4. The molecule has 0 radical (unpaired) electrons. The summed E-state index contributed by atoms with van der Waals surface area (Å²) in [6.45, 7) is 0.0980. The third-order valence-electron chi connectivity index (χ3n) is 3.69. The number of amides is 1. The van der Waals surface area contributed by atoms with Crippen molar-refractivity contribution in [1.82, 2.24) is 5.32 Å². The van der Waals surface area contributed by atoms with Crippen LogP contribution in [0.3, 0.4) is 0 Å². The molecule has 0 atom stereocenters. The molecule has 1 amide bonds. The molecule has 0 saturated heterocycles. The quantitative estimate of drug-likeness (QED) is 0.744. The van der Waals surface area contributed by atoms with Gasteiger partial charge in [0.1, 0.15) is 0 Å². The molecule has 1 fully saturated rings. The van der Waals surface area contributed by atoms with E-state index in [4.69, 9.17) is 28.9 Å². The van der Waals surface area contributed by atoms with E-state index < -0.39 is 17.3 Å². The molecule has 0 aliphatic heterocycles. The van der Waals surface area contributed by atoms with Gasteiger partial charge in [0, 0.05) is 12.1 Å². The smallest absolute Gasteiger partial charge is 0.311 e. The zero-order valence-corrected chi connectivity index (χ0v) is 12.1. The van der Waals surface area contributed by atoms with E-state index in [1.807, 2.05) is 0 Å². The van der Waals surface area contributed by atoms with Crippen LogP contribution in [0.5, 0.6) is 0 Å².